The highest BCUT2D eigenvalue weighted by Crippen LogP contribution is 2.21. The molecule has 6 nitrogen and oxygen atoms in total. The summed E-state index contributed by atoms with van der Waals surface area (Å²) in [5.74, 6) is 1.30. The van der Waals surface area contributed by atoms with Gasteiger partial charge in [-0.3, -0.25) is 9.59 Å². The molecule has 124 valence electrons. The van der Waals surface area contributed by atoms with E-state index < -0.39 is 0 Å². The molecule has 1 aromatic rings. The van der Waals surface area contributed by atoms with E-state index in [0.717, 1.165) is 37.7 Å². The topological polar surface area (TPSA) is 74.3 Å². The Labute approximate surface area is 136 Å². The zero-order valence-electron chi connectivity index (χ0n) is 13.5. The van der Waals surface area contributed by atoms with Gasteiger partial charge in [0.25, 0.3) is 5.91 Å². The molecule has 3 rings (SSSR count). The average molecular weight is 316 g/mol. The van der Waals surface area contributed by atoms with E-state index in [2.05, 4.69) is 27.4 Å². The van der Waals surface area contributed by atoms with Gasteiger partial charge in [-0.15, -0.1) is 0 Å². The lowest BCUT2D eigenvalue weighted by molar-refractivity contribution is -0.120. The second-order valence-corrected chi connectivity index (χ2v) is 6.60. The second-order valence-electron chi connectivity index (χ2n) is 6.60. The van der Waals surface area contributed by atoms with Gasteiger partial charge < -0.3 is 15.5 Å². The summed E-state index contributed by atoms with van der Waals surface area (Å²) in [4.78, 5) is 30.3. The minimum absolute atomic E-state index is 0.0150. The number of carbonyl (C=O) groups is 2. The Morgan fingerprint density at radius 2 is 1.96 bits per heavy atom. The normalized spacial score (nSPS) is 18.6. The van der Waals surface area contributed by atoms with Crippen LogP contribution in [-0.2, 0) is 4.79 Å². The van der Waals surface area contributed by atoms with Crippen LogP contribution >= 0.6 is 0 Å². The lowest BCUT2D eigenvalue weighted by Crippen LogP contribution is -2.38. The highest BCUT2D eigenvalue weighted by molar-refractivity contribution is 5.96. The molecule has 2 amide bonds. The Morgan fingerprint density at radius 3 is 2.57 bits per heavy atom. The molecule has 1 saturated heterocycles. The first-order valence-electron chi connectivity index (χ1n) is 8.40. The van der Waals surface area contributed by atoms with Gasteiger partial charge in [0.15, 0.2) is 0 Å². The van der Waals surface area contributed by atoms with E-state index in [1.807, 2.05) is 6.07 Å². The van der Waals surface area contributed by atoms with Crippen LogP contribution < -0.4 is 15.5 Å². The molecule has 0 spiro atoms. The summed E-state index contributed by atoms with van der Waals surface area (Å²) >= 11 is 0. The van der Waals surface area contributed by atoms with Gasteiger partial charge in [-0.2, -0.15) is 0 Å². The molecule has 0 aromatic carbocycles. The molecule has 1 aliphatic carbocycles. The fourth-order valence-corrected chi connectivity index (χ4v) is 2.71. The number of aromatic nitrogens is 1. The number of anilines is 1. The van der Waals surface area contributed by atoms with Crippen LogP contribution in [0.15, 0.2) is 18.3 Å². The number of nitrogens with one attached hydrogen (secondary N) is 2. The van der Waals surface area contributed by atoms with Crippen LogP contribution in [0.4, 0.5) is 5.82 Å². The summed E-state index contributed by atoms with van der Waals surface area (Å²) in [5, 5.41) is 5.47. The second kappa shape index (κ2) is 6.98. The van der Waals surface area contributed by atoms with Crippen molar-refractivity contribution < 1.29 is 9.59 Å². The fourth-order valence-electron chi connectivity index (χ4n) is 2.71. The van der Waals surface area contributed by atoms with Crippen LogP contribution in [0, 0.1) is 5.92 Å². The van der Waals surface area contributed by atoms with Gasteiger partial charge >= 0.3 is 0 Å². The Hall–Kier alpha value is -2.11. The van der Waals surface area contributed by atoms with Crippen LogP contribution in [0.25, 0.3) is 0 Å². The predicted molar refractivity (Wildman–Crippen MR) is 88.3 cm³/mol. The number of hydrogen-bond donors (Lipinski definition) is 2. The first-order valence-corrected chi connectivity index (χ1v) is 8.40. The molecule has 0 bridgehead atoms. The summed E-state index contributed by atoms with van der Waals surface area (Å²) in [6.45, 7) is 4.32. The molecule has 1 aromatic heterocycles. The quantitative estimate of drug-likeness (QED) is 0.859. The molecule has 1 saturated carbocycles. The SMILES string of the molecule is CC1CCN(c2ccc(C(=O)NCC(=O)NC3CC3)cn2)CC1. The van der Waals surface area contributed by atoms with Crippen molar-refractivity contribution in [2.45, 2.75) is 38.6 Å². The lowest BCUT2D eigenvalue weighted by Gasteiger charge is -2.31. The van der Waals surface area contributed by atoms with Crippen molar-refractivity contribution >= 4 is 17.6 Å². The third kappa shape index (κ3) is 4.43. The predicted octanol–water partition coefficient (Wildman–Crippen LogP) is 1.33. The first kappa shape index (κ1) is 15.8. The standard InChI is InChI=1S/C17H24N4O2/c1-12-6-8-21(9-7-12)15-5-2-13(10-18-15)17(23)19-11-16(22)20-14-3-4-14/h2,5,10,12,14H,3-4,6-9,11H2,1H3,(H,19,23)(H,20,22). The minimum atomic E-state index is -0.262. The van der Waals surface area contributed by atoms with Gasteiger partial charge in [-0.05, 0) is 43.7 Å². The Bertz CT molecular complexity index is 560. The van der Waals surface area contributed by atoms with Gasteiger partial charge in [0, 0.05) is 25.3 Å². The van der Waals surface area contributed by atoms with Gasteiger partial charge in [0.1, 0.15) is 5.82 Å². The van der Waals surface area contributed by atoms with Crippen molar-refractivity contribution in [3.05, 3.63) is 23.9 Å². The summed E-state index contributed by atoms with van der Waals surface area (Å²) in [6.07, 6.45) is 6.03. The molecule has 2 heterocycles. The molecular formula is C17H24N4O2. The van der Waals surface area contributed by atoms with Crippen molar-refractivity contribution in [2.75, 3.05) is 24.5 Å². The van der Waals surface area contributed by atoms with Crippen LogP contribution in [0.5, 0.6) is 0 Å². The van der Waals surface area contributed by atoms with E-state index in [1.54, 1.807) is 12.3 Å². The summed E-state index contributed by atoms with van der Waals surface area (Å²) < 4.78 is 0. The molecule has 0 unspecified atom stereocenters. The fraction of sp³-hybridized carbons (Fsp3) is 0.588. The third-order valence-corrected chi connectivity index (χ3v) is 4.47. The molecule has 0 atom stereocenters. The van der Waals surface area contributed by atoms with E-state index in [9.17, 15) is 9.59 Å². The molecule has 2 aliphatic rings. The molecule has 1 aliphatic heterocycles. The minimum Gasteiger partial charge on any atom is -0.357 e. The van der Waals surface area contributed by atoms with Gasteiger partial charge in [0.05, 0.1) is 12.1 Å². The van der Waals surface area contributed by atoms with E-state index in [-0.39, 0.29) is 18.4 Å². The van der Waals surface area contributed by atoms with Crippen LogP contribution in [0.3, 0.4) is 0 Å². The Kier molecular flexibility index (Phi) is 4.79. The van der Waals surface area contributed by atoms with Crippen LogP contribution in [0.1, 0.15) is 43.0 Å². The largest absolute Gasteiger partial charge is 0.357 e. The first-order chi connectivity index (χ1) is 11.1. The zero-order chi connectivity index (χ0) is 16.2. The number of amides is 2. The van der Waals surface area contributed by atoms with Crippen molar-refractivity contribution in [1.29, 1.82) is 0 Å². The van der Waals surface area contributed by atoms with E-state index >= 15 is 0 Å². The van der Waals surface area contributed by atoms with E-state index in [1.165, 1.54) is 12.8 Å². The maximum atomic E-state index is 12.0. The van der Waals surface area contributed by atoms with Crippen LogP contribution in [0.2, 0.25) is 0 Å². The van der Waals surface area contributed by atoms with Crippen molar-refractivity contribution in [3.63, 3.8) is 0 Å². The number of rotatable bonds is 5. The van der Waals surface area contributed by atoms with Gasteiger partial charge in [-0.25, -0.2) is 4.98 Å². The number of pyridine rings is 1. The number of hydrogen-bond acceptors (Lipinski definition) is 4. The number of piperidine rings is 1. The Morgan fingerprint density at radius 1 is 1.22 bits per heavy atom. The average Bonchev–Trinajstić information content (AvgIpc) is 3.37. The summed E-state index contributed by atoms with van der Waals surface area (Å²) in [6, 6.07) is 3.97. The maximum absolute atomic E-state index is 12.0. The molecule has 0 radical (unpaired) electrons. The lowest BCUT2D eigenvalue weighted by atomic mass is 9.99. The van der Waals surface area contributed by atoms with Crippen molar-refractivity contribution in [2.24, 2.45) is 5.92 Å². The highest BCUT2D eigenvalue weighted by Gasteiger charge is 2.23. The molecular weight excluding hydrogens is 292 g/mol. The van der Waals surface area contributed by atoms with Gasteiger partial charge in [-0.1, -0.05) is 6.92 Å². The van der Waals surface area contributed by atoms with E-state index in [4.69, 9.17) is 0 Å². The molecule has 6 heteroatoms. The monoisotopic (exact) mass is 316 g/mol. The summed E-state index contributed by atoms with van der Waals surface area (Å²) in [7, 11) is 0. The smallest absolute Gasteiger partial charge is 0.253 e. The third-order valence-electron chi connectivity index (χ3n) is 4.47. The molecule has 23 heavy (non-hydrogen) atoms. The van der Waals surface area contributed by atoms with Crippen molar-refractivity contribution in [1.82, 2.24) is 15.6 Å². The number of carbonyl (C=O) groups excluding carboxylic acids is 2. The number of nitrogens with zero attached hydrogens (tertiary/aromatic N) is 2. The van der Waals surface area contributed by atoms with Crippen LogP contribution in [-0.4, -0.2) is 42.5 Å². The van der Waals surface area contributed by atoms with E-state index in [0.29, 0.717) is 11.6 Å². The molecule has 2 N–H and O–H groups in total. The maximum Gasteiger partial charge on any atom is 0.253 e. The highest BCUT2D eigenvalue weighted by atomic mass is 16.2. The van der Waals surface area contributed by atoms with Gasteiger partial charge in [0.2, 0.25) is 5.91 Å². The Balaban J connectivity index is 1.49. The molecule has 2 fully saturated rings. The van der Waals surface area contributed by atoms with Crippen molar-refractivity contribution in [3.8, 4) is 0 Å². The summed E-state index contributed by atoms with van der Waals surface area (Å²) in [5.41, 5.74) is 0.485. The zero-order valence-corrected chi connectivity index (χ0v) is 13.5.